The first kappa shape index (κ1) is 21.9. The van der Waals surface area contributed by atoms with Gasteiger partial charge in [0.25, 0.3) is 17.5 Å². The molecule has 2 aromatic carbocycles. The number of anilines is 1. The molecule has 0 bridgehead atoms. The molecular weight excluding hydrogens is 452 g/mol. The molecule has 4 aromatic rings. The van der Waals surface area contributed by atoms with E-state index in [1.807, 2.05) is 37.3 Å². The molecule has 0 spiro atoms. The minimum atomic E-state index is -0.764. The van der Waals surface area contributed by atoms with Crippen LogP contribution in [-0.4, -0.2) is 48.9 Å². The first-order valence-electron chi connectivity index (χ1n) is 10.6. The number of nitrogens with one attached hydrogen (secondary N) is 1. The van der Waals surface area contributed by atoms with Gasteiger partial charge in [-0.2, -0.15) is 9.78 Å². The third kappa shape index (κ3) is 3.78. The average Bonchev–Trinajstić information content (AvgIpc) is 3.31. The van der Waals surface area contributed by atoms with Gasteiger partial charge in [0, 0.05) is 23.6 Å². The van der Waals surface area contributed by atoms with Gasteiger partial charge in [-0.25, -0.2) is 4.98 Å². The highest BCUT2D eigenvalue weighted by Crippen LogP contribution is 2.27. The number of hydrogen-bond acceptors (Lipinski definition) is 7. The van der Waals surface area contributed by atoms with Crippen molar-refractivity contribution in [2.24, 2.45) is 0 Å². The molecule has 11 nitrogen and oxygen atoms in total. The van der Waals surface area contributed by atoms with Gasteiger partial charge in [-0.1, -0.05) is 18.2 Å². The largest absolute Gasteiger partial charge is 0.309 e. The highest BCUT2D eigenvalue weighted by Gasteiger charge is 2.38. The van der Waals surface area contributed by atoms with Crippen LogP contribution in [0.5, 0.6) is 0 Å². The Morgan fingerprint density at radius 3 is 2.54 bits per heavy atom. The van der Waals surface area contributed by atoms with E-state index in [0.717, 1.165) is 33.5 Å². The lowest BCUT2D eigenvalue weighted by atomic mass is 10.1. The van der Waals surface area contributed by atoms with Crippen molar-refractivity contribution in [2.45, 2.75) is 13.8 Å². The molecule has 174 valence electrons. The zero-order chi connectivity index (χ0) is 24.9. The molecule has 0 unspecified atom stereocenters. The fourth-order valence-corrected chi connectivity index (χ4v) is 4.07. The summed E-state index contributed by atoms with van der Waals surface area (Å²) >= 11 is 0. The number of nitro benzene ring substituents is 1. The predicted molar refractivity (Wildman–Crippen MR) is 125 cm³/mol. The number of fused-ring (bicyclic) bond motifs is 2. The van der Waals surface area contributed by atoms with Gasteiger partial charge in [0.2, 0.25) is 5.91 Å². The van der Waals surface area contributed by atoms with Crippen molar-refractivity contribution in [3.05, 3.63) is 87.1 Å². The Morgan fingerprint density at radius 2 is 1.77 bits per heavy atom. The molecule has 0 aliphatic carbocycles. The fraction of sp³-hybridized carbons (Fsp3) is 0.125. The molecule has 1 N–H and O–H groups in total. The smallest absolute Gasteiger partial charge is 0.270 e. The van der Waals surface area contributed by atoms with Gasteiger partial charge in [0.15, 0.2) is 5.82 Å². The van der Waals surface area contributed by atoms with Crippen LogP contribution in [0.1, 0.15) is 32.0 Å². The van der Waals surface area contributed by atoms with Gasteiger partial charge in [0.05, 0.1) is 27.3 Å². The highest BCUT2D eigenvalue weighted by atomic mass is 16.6. The molecule has 0 fully saturated rings. The molecule has 0 radical (unpaired) electrons. The van der Waals surface area contributed by atoms with Crippen molar-refractivity contribution < 1.29 is 19.3 Å². The lowest BCUT2D eigenvalue weighted by Gasteiger charge is -2.14. The van der Waals surface area contributed by atoms with Crippen molar-refractivity contribution in [1.82, 2.24) is 19.7 Å². The van der Waals surface area contributed by atoms with Crippen LogP contribution in [0.3, 0.4) is 0 Å². The van der Waals surface area contributed by atoms with Crippen LogP contribution in [0, 0.1) is 24.0 Å². The number of carbonyl (C=O) groups excluding carboxylic acids is 3. The Bertz CT molecular complexity index is 1570. The Balaban J connectivity index is 1.40. The maximum absolute atomic E-state index is 12.8. The number of para-hydroxylation sites is 1. The second kappa shape index (κ2) is 8.13. The first-order valence-corrected chi connectivity index (χ1v) is 10.6. The minimum Gasteiger partial charge on any atom is -0.309 e. The number of aryl methyl sites for hydroxylation is 2. The molecule has 5 rings (SSSR count). The normalized spacial score (nSPS) is 12.8. The van der Waals surface area contributed by atoms with E-state index in [-0.39, 0.29) is 16.8 Å². The zero-order valence-electron chi connectivity index (χ0n) is 18.7. The molecule has 3 heterocycles. The Morgan fingerprint density at radius 1 is 1.03 bits per heavy atom. The van der Waals surface area contributed by atoms with Gasteiger partial charge in [-0.3, -0.25) is 29.4 Å². The van der Waals surface area contributed by atoms with Gasteiger partial charge < -0.3 is 5.32 Å². The highest BCUT2D eigenvalue weighted by molar-refractivity contribution is 6.23. The summed E-state index contributed by atoms with van der Waals surface area (Å²) in [6, 6.07) is 14.6. The van der Waals surface area contributed by atoms with E-state index in [0.29, 0.717) is 17.3 Å². The van der Waals surface area contributed by atoms with Crippen molar-refractivity contribution in [1.29, 1.82) is 0 Å². The molecule has 1 aliphatic rings. The number of rotatable bonds is 5. The maximum Gasteiger partial charge on any atom is 0.270 e. The molecule has 0 saturated heterocycles. The van der Waals surface area contributed by atoms with Crippen molar-refractivity contribution in [3.8, 4) is 5.82 Å². The molecule has 2 aromatic heterocycles. The summed E-state index contributed by atoms with van der Waals surface area (Å²) in [6.45, 7) is 3.15. The topological polar surface area (TPSA) is 140 Å². The number of nitro groups is 1. The number of imide groups is 1. The third-order valence-electron chi connectivity index (χ3n) is 5.69. The predicted octanol–water partition coefficient (Wildman–Crippen LogP) is 3.18. The van der Waals surface area contributed by atoms with E-state index in [1.165, 1.54) is 10.7 Å². The van der Waals surface area contributed by atoms with Crippen LogP contribution in [0.2, 0.25) is 0 Å². The van der Waals surface area contributed by atoms with Gasteiger partial charge in [-0.15, -0.1) is 0 Å². The maximum atomic E-state index is 12.8. The average molecular weight is 470 g/mol. The zero-order valence-corrected chi connectivity index (χ0v) is 18.7. The third-order valence-corrected chi connectivity index (χ3v) is 5.69. The molecule has 3 amide bonds. The van der Waals surface area contributed by atoms with Crippen LogP contribution in [0.4, 0.5) is 11.5 Å². The van der Waals surface area contributed by atoms with Crippen LogP contribution in [0.25, 0.3) is 16.7 Å². The summed E-state index contributed by atoms with van der Waals surface area (Å²) < 4.78 is 1.48. The second-order valence-corrected chi connectivity index (χ2v) is 8.13. The lowest BCUT2D eigenvalue weighted by molar-refractivity contribution is -0.384. The number of non-ortho nitro benzene ring substituents is 1. The van der Waals surface area contributed by atoms with E-state index in [4.69, 9.17) is 0 Å². The lowest BCUT2D eigenvalue weighted by Crippen LogP contribution is -2.37. The van der Waals surface area contributed by atoms with Gasteiger partial charge in [-0.05, 0) is 37.6 Å². The summed E-state index contributed by atoms with van der Waals surface area (Å²) in [6.07, 6.45) is 0. The molecule has 35 heavy (non-hydrogen) atoms. The summed E-state index contributed by atoms with van der Waals surface area (Å²) in [4.78, 5) is 53.9. The Kier molecular flexibility index (Phi) is 5.09. The van der Waals surface area contributed by atoms with Crippen molar-refractivity contribution in [2.75, 3.05) is 11.9 Å². The van der Waals surface area contributed by atoms with Crippen LogP contribution >= 0.6 is 0 Å². The number of nitrogens with zero attached hydrogens (tertiary/aromatic N) is 5. The minimum absolute atomic E-state index is 0.0186. The van der Waals surface area contributed by atoms with Crippen molar-refractivity contribution >= 4 is 40.1 Å². The molecule has 1 aliphatic heterocycles. The van der Waals surface area contributed by atoms with E-state index in [2.05, 4.69) is 15.4 Å². The van der Waals surface area contributed by atoms with E-state index in [1.54, 1.807) is 13.0 Å². The molecule has 0 saturated carbocycles. The summed E-state index contributed by atoms with van der Waals surface area (Å²) in [5.41, 5.74) is 1.98. The summed E-state index contributed by atoms with van der Waals surface area (Å²) in [5.74, 6) is -1.26. The standard InChI is InChI=1S/C24H18N6O5/c1-13-9-20(25-19-6-4-3-5-16(13)19)29-21(10-14(2)27-29)26-22(31)12-28-23(32)17-8-7-15(30(34)35)11-18(17)24(28)33/h3-11H,12H2,1-2H3,(H,26,31). The Hall–Kier alpha value is -4.93. The number of amides is 3. The number of aromatic nitrogens is 3. The van der Waals surface area contributed by atoms with Gasteiger partial charge in [0.1, 0.15) is 12.4 Å². The van der Waals surface area contributed by atoms with Crippen LogP contribution < -0.4 is 5.32 Å². The molecular formula is C24H18N6O5. The Labute approximate surface area is 198 Å². The number of carbonyl (C=O) groups is 3. The van der Waals surface area contributed by atoms with E-state index in [9.17, 15) is 24.5 Å². The monoisotopic (exact) mass is 470 g/mol. The quantitative estimate of drug-likeness (QED) is 0.268. The van der Waals surface area contributed by atoms with Crippen LogP contribution in [0.15, 0.2) is 54.6 Å². The number of hydrogen-bond donors (Lipinski definition) is 1. The van der Waals surface area contributed by atoms with Gasteiger partial charge >= 0.3 is 0 Å². The van der Waals surface area contributed by atoms with Crippen molar-refractivity contribution in [3.63, 3.8) is 0 Å². The van der Waals surface area contributed by atoms with Crippen LogP contribution in [-0.2, 0) is 4.79 Å². The number of benzene rings is 2. The number of pyridine rings is 1. The summed E-state index contributed by atoms with van der Waals surface area (Å²) in [5, 5.41) is 19.1. The van der Waals surface area contributed by atoms with E-state index < -0.39 is 29.2 Å². The second-order valence-electron chi connectivity index (χ2n) is 8.13. The first-order chi connectivity index (χ1) is 16.7. The molecule has 11 heteroatoms. The van der Waals surface area contributed by atoms with E-state index >= 15 is 0 Å². The molecule has 0 atom stereocenters. The fourth-order valence-electron chi connectivity index (χ4n) is 4.07. The SMILES string of the molecule is Cc1cc(NC(=O)CN2C(=O)c3ccc([N+](=O)[O-])cc3C2=O)n(-c2cc(C)c3ccccc3n2)n1. The summed E-state index contributed by atoms with van der Waals surface area (Å²) in [7, 11) is 0.